The lowest BCUT2D eigenvalue weighted by Gasteiger charge is -2.09. The van der Waals surface area contributed by atoms with E-state index >= 15 is 0 Å². The Labute approximate surface area is 130 Å². The highest BCUT2D eigenvalue weighted by atomic mass is 35.5. The Morgan fingerprint density at radius 1 is 1.65 bits per heavy atom. The first-order chi connectivity index (χ1) is 9.17. The van der Waals surface area contributed by atoms with Crippen molar-refractivity contribution in [1.29, 1.82) is 0 Å². The number of aryl methyl sites for hydroxylation is 1. The standard InChI is InChI=1S/C12H22N4O2S.ClH/c1-18-8-3-6-16-7-4-11(15-16)14-12(17)10(13)5-9-19-2;/h4,7,10H,3,5-6,8-9,13H2,1-2H3,(H,14,15,17);1H/t10-;/m0./s1. The number of methoxy groups -OCH3 is 1. The summed E-state index contributed by atoms with van der Waals surface area (Å²) in [7, 11) is 1.67. The van der Waals surface area contributed by atoms with Crippen LogP contribution in [-0.4, -0.2) is 47.5 Å². The number of rotatable bonds is 9. The second-order valence-electron chi connectivity index (χ2n) is 4.19. The van der Waals surface area contributed by atoms with E-state index in [0.717, 1.165) is 18.7 Å². The zero-order valence-corrected chi connectivity index (χ0v) is 13.5. The summed E-state index contributed by atoms with van der Waals surface area (Å²) in [6.07, 6.45) is 5.38. The Balaban J connectivity index is 0.00000361. The van der Waals surface area contributed by atoms with Gasteiger partial charge in [0.05, 0.1) is 6.04 Å². The minimum atomic E-state index is -0.480. The minimum Gasteiger partial charge on any atom is -0.385 e. The van der Waals surface area contributed by atoms with Gasteiger partial charge in [-0.3, -0.25) is 9.48 Å². The van der Waals surface area contributed by atoms with Gasteiger partial charge in [-0.25, -0.2) is 0 Å². The van der Waals surface area contributed by atoms with Crippen LogP contribution in [0.15, 0.2) is 12.3 Å². The van der Waals surface area contributed by atoms with Crippen LogP contribution in [0.4, 0.5) is 5.82 Å². The van der Waals surface area contributed by atoms with Crippen molar-refractivity contribution in [2.75, 3.05) is 31.0 Å². The third kappa shape index (κ3) is 7.14. The van der Waals surface area contributed by atoms with Crippen LogP contribution < -0.4 is 11.1 Å². The molecule has 0 unspecified atom stereocenters. The van der Waals surface area contributed by atoms with Crippen LogP contribution in [0.2, 0.25) is 0 Å². The molecule has 0 saturated carbocycles. The molecular weight excluding hydrogens is 300 g/mol. The SMILES string of the molecule is COCCCn1ccc(NC(=O)[C@@H](N)CCSC)n1.Cl. The summed E-state index contributed by atoms with van der Waals surface area (Å²) < 4.78 is 6.75. The molecular formula is C12H23ClN4O2S. The summed E-state index contributed by atoms with van der Waals surface area (Å²) in [5, 5.41) is 6.98. The first-order valence-corrected chi connectivity index (χ1v) is 7.64. The molecule has 0 radical (unpaired) electrons. The summed E-state index contributed by atoms with van der Waals surface area (Å²) in [5.41, 5.74) is 5.78. The van der Waals surface area contributed by atoms with Crippen molar-refractivity contribution < 1.29 is 9.53 Å². The lowest BCUT2D eigenvalue weighted by Crippen LogP contribution is -2.36. The second kappa shape index (κ2) is 11.0. The topological polar surface area (TPSA) is 82.2 Å². The van der Waals surface area contributed by atoms with Crippen molar-refractivity contribution >= 4 is 35.9 Å². The van der Waals surface area contributed by atoms with Crippen molar-refractivity contribution in [1.82, 2.24) is 9.78 Å². The molecule has 0 saturated heterocycles. The maximum atomic E-state index is 11.8. The van der Waals surface area contributed by atoms with E-state index in [9.17, 15) is 4.79 Å². The van der Waals surface area contributed by atoms with Crippen LogP contribution >= 0.6 is 24.2 Å². The van der Waals surface area contributed by atoms with Crippen LogP contribution in [-0.2, 0) is 16.1 Å². The highest BCUT2D eigenvalue weighted by molar-refractivity contribution is 7.98. The van der Waals surface area contributed by atoms with Crippen molar-refractivity contribution in [2.45, 2.75) is 25.4 Å². The fraction of sp³-hybridized carbons (Fsp3) is 0.667. The van der Waals surface area contributed by atoms with Gasteiger partial charge in [0.25, 0.3) is 0 Å². The predicted octanol–water partition coefficient (Wildman–Crippen LogP) is 1.36. The Morgan fingerprint density at radius 2 is 2.40 bits per heavy atom. The molecule has 0 bridgehead atoms. The predicted molar refractivity (Wildman–Crippen MR) is 85.6 cm³/mol. The average Bonchev–Trinajstić information content (AvgIpc) is 2.83. The summed E-state index contributed by atoms with van der Waals surface area (Å²) in [5.74, 6) is 1.23. The minimum absolute atomic E-state index is 0. The molecule has 0 aliphatic carbocycles. The number of thioether (sulfide) groups is 1. The van der Waals surface area contributed by atoms with E-state index in [4.69, 9.17) is 10.5 Å². The molecule has 0 fully saturated rings. The number of carbonyl (C=O) groups is 1. The van der Waals surface area contributed by atoms with Crippen LogP contribution in [0, 0.1) is 0 Å². The number of hydrogen-bond donors (Lipinski definition) is 2. The van der Waals surface area contributed by atoms with Gasteiger partial charge in [0.2, 0.25) is 5.91 Å². The Hall–Kier alpha value is -0.760. The fourth-order valence-electron chi connectivity index (χ4n) is 1.52. The summed E-state index contributed by atoms with van der Waals surface area (Å²) >= 11 is 1.68. The molecule has 1 aromatic rings. The molecule has 1 atom stereocenters. The molecule has 6 nitrogen and oxygen atoms in total. The van der Waals surface area contributed by atoms with E-state index in [1.165, 1.54) is 0 Å². The van der Waals surface area contributed by atoms with Crippen LogP contribution in [0.25, 0.3) is 0 Å². The summed E-state index contributed by atoms with van der Waals surface area (Å²) in [6, 6.07) is 1.29. The van der Waals surface area contributed by atoms with E-state index < -0.39 is 6.04 Å². The van der Waals surface area contributed by atoms with Gasteiger partial charge in [-0.1, -0.05) is 0 Å². The monoisotopic (exact) mass is 322 g/mol. The Bertz CT molecular complexity index is 389. The molecule has 0 aliphatic rings. The lowest BCUT2D eigenvalue weighted by molar-refractivity contribution is -0.117. The Morgan fingerprint density at radius 3 is 3.05 bits per heavy atom. The largest absolute Gasteiger partial charge is 0.385 e. The normalized spacial score (nSPS) is 11.8. The molecule has 1 aromatic heterocycles. The molecule has 1 amide bonds. The highest BCUT2D eigenvalue weighted by Gasteiger charge is 2.13. The third-order valence-electron chi connectivity index (χ3n) is 2.60. The van der Waals surface area contributed by atoms with Crippen LogP contribution in [0.1, 0.15) is 12.8 Å². The maximum Gasteiger partial charge on any atom is 0.242 e. The van der Waals surface area contributed by atoms with Crippen molar-refractivity contribution in [3.63, 3.8) is 0 Å². The van der Waals surface area contributed by atoms with E-state index in [0.29, 0.717) is 18.8 Å². The van der Waals surface area contributed by atoms with Gasteiger partial charge in [-0.15, -0.1) is 12.4 Å². The van der Waals surface area contributed by atoms with E-state index in [1.54, 1.807) is 29.6 Å². The first kappa shape index (κ1) is 19.2. The number of hydrogen-bond acceptors (Lipinski definition) is 5. The smallest absolute Gasteiger partial charge is 0.242 e. The zero-order chi connectivity index (χ0) is 14.1. The van der Waals surface area contributed by atoms with Crippen molar-refractivity contribution in [3.05, 3.63) is 12.3 Å². The number of nitrogens with zero attached hydrogens (tertiary/aromatic N) is 2. The molecule has 0 spiro atoms. The van der Waals surface area contributed by atoms with E-state index in [-0.39, 0.29) is 18.3 Å². The van der Waals surface area contributed by atoms with Gasteiger partial charge in [0.1, 0.15) is 0 Å². The number of amides is 1. The van der Waals surface area contributed by atoms with E-state index in [1.807, 2.05) is 12.5 Å². The van der Waals surface area contributed by atoms with Crippen LogP contribution in [0.5, 0.6) is 0 Å². The molecule has 3 N–H and O–H groups in total. The lowest BCUT2D eigenvalue weighted by atomic mass is 10.2. The van der Waals surface area contributed by atoms with Gasteiger partial charge in [-0.2, -0.15) is 16.9 Å². The zero-order valence-electron chi connectivity index (χ0n) is 11.9. The molecule has 116 valence electrons. The van der Waals surface area contributed by atoms with Gasteiger partial charge in [-0.05, 0) is 24.9 Å². The first-order valence-electron chi connectivity index (χ1n) is 6.25. The third-order valence-corrected chi connectivity index (χ3v) is 3.24. The number of ether oxygens (including phenoxy) is 1. The summed E-state index contributed by atoms with van der Waals surface area (Å²) in [6.45, 7) is 1.46. The number of halogens is 1. The molecule has 1 heterocycles. The average molecular weight is 323 g/mol. The van der Waals surface area contributed by atoms with Gasteiger partial charge < -0.3 is 15.8 Å². The number of anilines is 1. The highest BCUT2D eigenvalue weighted by Crippen LogP contribution is 2.05. The molecule has 0 aromatic carbocycles. The fourth-order valence-corrected chi connectivity index (χ4v) is 2.01. The molecule has 20 heavy (non-hydrogen) atoms. The number of carbonyl (C=O) groups excluding carboxylic acids is 1. The van der Waals surface area contributed by atoms with E-state index in [2.05, 4.69) is 10.4 Å². The van der Waals surface area contributed by atoms with Gasteiger partial charge >= 0.3 is 0 Å². The Kier molecular flexibility index (Phi) is 10.5. The van der Waals surface area contributed by atoms with Gasteiger partial charge in [0, 0.05) is 32.5 Å². The van der Waals surface area contributed by atoms with Crippen LogP contribution in [0.3, 0.4) is 0 Å². The molecule has 0 aliphatic heterocycles. The van der Waals surface area contributed by atoms with Crippen molar-refractivity contribution in [2.24, 2.45) is 5.73 Å². The van der Waals surface area contributed by atoms with Crippen molar-refractivity contribution in [3.8, 4) is 0 Å². The maximum absolute atomic E-state index is 11.8. The molecule has 1 rings (SSSR count). The summed E-state index contributed by atoms with van der Waals surface area (Å²) in [4.78, 5) is 11.8. The second-order valence-corrected chi connectivity index (χ2v) is 5.17. The quantitative estimate of drug-likeness (QED) is 0.671. The molecule has 8 heteroatoms. The number of nitrogens with one attached hydrogen (secondary N) is 1. The number of aromatic nitrogens is 2. The number of nitrogens with two attached hydrogens (primary N) is 1. The van der Waals surface area contributed by atoms with Gasteiger partial charge in [0.15, 0.2) is 5.82 Å².